The number of rotatable bonds is 6. The molecule has 0 aliphatic carbocycles. The molecule has 4 rings (SSSR count). The van der Waals surface area contributed by atoms with Gasteiger partial charge < -0.3 is 20.1 Å². The van der Waals surface area contributed by atoms with Crippen molar-refractivity contribution in [2.24, 2.45) is 0 Å². The molecule has 0 unspecified atom stereocenters. The van der Waals surface area contributed by atoms with Crippen LogP contribution in [-0.4, -0.2) is 23.4 Å². The minimum absolute atomic E-state index is 0.00554. The number of benzene rings is 2. The molecule has 0 bridgehead atoms. The molecule has 0 spiro atoms. The summed E-state index contributed by atoms with van der Waals surface area (Å²) in [7, 11) is 0. The van der Waals surface area contributed by atoms with E-state index in [4.69, 9.17) is 9.47 Å². The van der Waals surface area contributed by atoms with E-state index in [1.54, 1.807) is 30.5 Å². The van der Waals surface area contributed by atoms with Gasteiger partial charge in [-0.25, -0.2) is 0 Å². The molecule has 1 aliphatic heterocycles. The Labute approximate surface area is 173 Å². The predicted molar refractivity (Wildman–Crippen MR) is 113 cm³/mol. The molecule has 30 heavy (non-hydrogen) atoms. The normalized spacial score (nSPS) is 12.6. The number of anilines is 2. The number of pyridine rings is 1. The highest BCUT2D eigenvalue weighted by atomic mass is 16.5. The maximum Gasteiger partial charge on any atom is 0.262 e. The Balaban J connectivity index is 1.31. The first-order chi connectivity index (χ1) is 14.7. The number of nitrogens with zero attached hydrogens (tertiary/aromatic N) is 1. The van der Waals surface area contributed by atoms with Crippen molar-refractivity contribution in [3.63, 3.8) is 0 Å². The van der Waals surface area contributed by atoms with Gasteiger partial charge >= 0.3 is 0 Å². The van der Waals surface area contributed by atoms with Crippen LogP contribution in [0.3, 0.4) is 0 Å². The smallest absolute Gasteiger partial charge is 0.262 e. The second-order valence-electron chi connectivity index (χ2n) is 6.55. The van der Waals surface area contributed by atoms with Gasteiger partial charge in [0, 0.05) is 18.0 Å². The lowest BCUT2D eigenvalue weighted by Crippen LogP contribution is -2.25. The fourth-order valence-electron chi connectivity index (χ4n) is 2.83. The van der Waals surface area contributed by atoms with Gasteiger partial charge in [-0.3, -0.25) is 14.6 Å². The fourth-order valence-corrected chi connectivity index (χ4v) is 2.83. The Morgan fingerprint density at radius 3 is 2.83 bits per heavy atom. The molecule has 150 valence electrons. The van der Waals surface area contributed by atoms with Crippen molar-refractivity contribution < 1.29 is 19.1 Å². The van der Waals surface area contributed by atoms with Crippen LogP contribution in [0.15, 0.2) is 72.9 Å². The fraction of sp³-hybridized carbons (Fsp3) is 0.0870. The minimum atomic E-state index is -0.284. The number of nitrogens with one attached hydrogen (secondary N) is 2. The SMILES string of the molecule is O=C(C=Cc1ccc(OCc2ccccn2)cc1)Nc1ccc2c(c1)NC(=O)CO2. The Hall–Kier alpha value is -4.13. The molecular weight excluding hydrogens is 382 g/mol. The first kappa shape index (κ1) is 19.2. The van der Waals surface area contributed by atoms with Crippen LogP contribution in [0.25, 0.3) is 6.08 Å². The number of amides is 2. The second kappa shape index (κ2) is 8.91. The number of carbonyl (C=O) groups excluding carboxylic acids is 2. The van der Waals surface area contributed by atoms with Crippen LogP contribution in [0, 0.1) is 0 Å². The second-order valence-corrected chi connectivity index (χ2v) is 6.55. The van der Waals surface area contributed by atoms with Gasteiger partial charge in [-0.15, -0.1) is 0 Å². The van der Waals surface area contributed by atoms with Crippen molar-refractivity contribution in [2.75, 3.05) is 17.2 Å². The third-order valence-corrected chi connectivity index (χ3v) is 4.30. The predicted octanol–water partition coefficient (Wildman–Crippen LogP) is 3.64. The average molecular weight is 401 g/mol. The Morgan fingerprint density at radius 1 is 1.17 bits per heavy atom. The summed E-state index contributed by atoms with van der Waals surface area (Å²) in [6, 6.07) is 18.2. The third kappa shape index (κ3) is 5.02. The molecule has 7 nitrogen and oxygen atoms in total. The Morgan fingerprint density at radius 2 is 2.03 bits per heavy atom. The Kier molecular flexibility index (Phi) is 5.70. The molecule has 2 heterocycles. The standard InChI is InChI=1S/C23H19N3O4/c27-22(25-17-7-10-21-20(13-17)26-23(28)15-30-21)11-6-16-4-8-19(9-5-16)29-14-18-3-1-2-12-24-18/h1-13H,14-15H2,(H,25,27)(H,26,28). The summed E-state index contributed by atoms with van der Waals surface area (Å²) < 4.78 is 11.0. The van der Waals surface area contributed by atoms with E-state index in [1.807, 2.05) is 42.5 Å². The van der Waals surface area contributed by atoms with Crippen molar-refractivity contribution in [3.05, 3.63) is 84.2 Å². The van der Waals surface area contributed by atoms with Gasteiger partial charge in [0.25, 0.3) is 5.91 Å². The van der Waals surface area contributed by atoms with Crippen LogP contribution in [0.5, 0.6) is 11.5 Å². The first-order valence-electron chi connectivity index (χ1n) is 9.34. The molecule has 0 saturated heterocycles. The van der Waals surface area contributed by atoms with E-state index in [0.717, 1.165) is 17.0 Å². The molecule has 2 aromatic carbocycles. The van der Waals surface area contributed by atoms with E-state index < -0.39 is 0 Å². The molecule has 1 aromatic heterocycles. The number of fused-ring (bicyclic) bond motifs is 1. The zero-order valence-corrected chi connectivity index (χ0v) is 16.0. The van der Waals surface area contributed by atoms with E-state index >= 15 is 0 Å². The molecule has 1 aliphatic rings. The first-order valence-corrected chi connectivity index (χ1v) is 9.34. The zero-order valence-electron chi connectivity index (χ0n) is 16.0. The maximum atomic E-state index is 12.2. The number of hydrogen-bond donors (Lipinski definition) is 2. The molecule has 0 fully saturated rings. The number of ether oxygens (including phenoxy) is 2. The minimum Gasteiger partial charge on any atom is -0.487 e. The number of carbonyl (C=O) groups is 2. The van der Waals surface area contributed by atoms with E-state index in [-0.39, 0.29) is 18.4 Å². The highest BCUT2D eigenvalue weighted by Crippen LogP contribution is 2.30. The van der Waals surface area contributed by atoms with Crippen LogP contribution in [-0.2, 0) is 16.2 Å². The molecule has 2 N–H and O–H groups in total. The van der Waals surface area contributed by atoms with Crippen LogP contribution < -0.4 is 20.1 Å². The third-order valence-electron chi connectivity index (χ3n) is 4.30. The average Bonchev–Trinajstić information content (AvgIpc) is 2.77. The highest BCUT2D eigenvalue weighted by molar-refractivity contribution is 6.03. The summed E-state index contributed by atoms with van der Waals surface area (Å²) in [6.45, 7) is 0.388. The van der Waals surface area contributed by atoms with Crippen molar-refractivity contribution in [1.29, 1.82) is 0 Å². The number of aromatic nitrogens is 1. The summed E-state index contributed by atoms with van der Waals surface area (Å²) in [5.41, 5.74) is 2.81. The van der Waals surface area contributed by atoms with Crippen molar-refractivity contribution in [3.8, 4) is 11.5 Å². The number of hydrogen-bond acceptors (Lipinski definition) is 5. The van der Waals surface area contributed by atoms with Crippen LogP contribution in [0.1, 0.15) is 11.3 Å². The van der Waals surface area contributed by atoms with Gasteiger partial charge in [0.05, 0.1) is 11.4 Å². The highest BCUT2D eigenvalue weighted by Gasteiger charge is 2.16. The van der Waals surface area contributed by atoms with Crippen molar-refractivity contribution >= 4 is 29.3 Å². The van der Waals surface area contributed by atoms with Gasteiger partial charge in [-0.2, -0.15) is 0 Å². The maximum absolute atomic E-state index is 12.2. The zero-order chi connectivity index (χ0) is 20.8. The lowest BCUT2D eigenvalue weighted by atomic mass is 10.2. The van der Waals surface area contributed by atoms with Crippen LogP contribution >= 0.6 is 0 Å². The largest absolute Gasteiger partial charge is 0.487 e. The summed E-state index contributed by atoms with van der Waals surface area (Å²) in [5.74, 6) is 0.792. The van der Waals surface area contributed by atoms with Crippen LogP contribution in [0.2, 0.25) is 0 Å². The summed E-state index contributed by atoms with van der Waals surface area (Å²) in [5, 5.41) is 5.47. The van der Waals surface area contributed by atoms with Gasteiger partial charge in [0.2, 0.25) is 5.91 Å². The molecule has 0 saturated carbocycles. The lowest BCUT2D eigenvalue weighted by Gasteiger charge is -2.18. The van der Waals surface area contributed by atoms with Gasteiger partial charge in [-0.1, -0.05) is 18.2 Å². The summed E-state index contributed by atoms with van der Waals surface area (Å²) in [4.78, 5) is 27.8. The molecule has 7 heteroatoms. The molecule has 3 aromatic rings. The Bertz CT molecular complexity index is 1080. The van der Waals surface area contributed by atoms with Gasteiger partial charge in [0.15, 0.2) is 6.61 Å². The van der Waals surface area contributed by atoms with Gasteiger partial charge in [0.1, 0.15) is 18.1 Å². The molecular formula is C23H19N3O4. The molecule has 2 amide bonds. The van der Waals surface area contributed by atoms with E-state index in [9.17, 15) is 9.59 Å². The van der Waals surface area contributed by atoms with E-state index in [1.165, 1.54) is 6.08 Å². The molecule has 0 atom stereocenters. The van der Waals surface area contributed by atoms with Crippen LogP contribution in [0.4, 0.5) is 11.4 Å². The monoisotopic (exact) mass is 401 g/mol. The topological polar surface area (TPSA) is 89.5 Å². The van der Waals surface area contributed by atoms with E-state index in [0.29, 0.717) is 23.7 Å². The molecule has 0 radical (unpaired) electrons. The van der Waals surface area contributed by atoms with Crippen molar-refractivity contribution in [2.45, 2.75) is 6.61 Å². The quantitative estimate of drug-likeness (QED) is 0.616. The summed E-state index contributed by atoms with van der Waals surface area (Å²) in [6.07, 6.45) is 4.88. The lowest BCUT2D eigenvalue weighted by molar-refractivity contribution is -0.118. The van der Waals surface area contributed by atoms with Gasteiger partial charge in [-0.05, 0) is 54.1 Å². The summed E-state index contributed by atoms with van der Waals surface area (Å²) >= 11 is 0. The van der Waals surface area contributed by atoms with E-state index in [2.05, 4.69) is 15.6 Å². The van der Waals surface area contributed by atoms with Crippen molar-refractivity contribution in [1.82, 2.24) is 4.98 Å².